The summed E-state index contributed by atoms with van der Waals surface area (Å²) in [6.07, 6.45) is 0. The topological polar surface area (TPSA) is 69.3 Å². The number of hydrogen-bond donors (Lipinski definition) is 0. The van der Waals surface area contributed by atoms with Gasteiger partial charge >= 0.3 is 0 Å². The molecule has 8 heteroatoms. The number of nitrogens with zero attached hydrogens (tertiary/aromatic N) is 3. The standard InChI is InChI=1S/C26H24BrN3O4/c1-16-4-11-23-18(12-16)13-24(34-23)22-15-33-29-25(21-10-9-20(27)26(28-21)32-3)30(22)14-17-5-7-19(31-2)8-6-17/h4-13,22H,14-15H2,1-3H3. The van der Waals surface area contributed by atoms with Gasteiger partial charge in [0.2, 0.25) is 5.88 Å². The van der Waals surface area contributed by atoms with E-state index < -0.39 is 0 Å². The highest BCUT2D eigenvalue weighted by Crippen LogP contribution is 2.34. The van der Waals surface area contributed by atoms with E-state index in [1.807, 2.05) is 48.5 Å². The van der Waals surface area contributed by atoms with Crippen LogP contribution in [0, 0.1) is 6.92 Å². The molecule has 3 heterocycles. The number of hydrogen-bond acceptors (Lipinski definition) is 7. The van der Waals surface area contributed by atoms with Crippen molar-refractivity contribution in [2.75, 3.05) is 20.8 Å². The van der Waals surface area contributed by atoms with Crippen LogP contribution in [-0.4, -0.2) is 36.5 Å². The Morgan fingerprint density at radius 3 is 2.62 bits per heavy atom. The van der Waals surface area contributed by atoms with Gasteiger partial charge in [-0.2, -0.15) is 0 Å². The number of rotatable bonds is 6. The second kappa shape index (κ2) is 9.38. The zero-order chi connectivity index (χ0) is 23.7. The van der Waals surface area contributed by atoms with Crippen molar-refractivity contribution in [2.45, 2.75) is 19.5 Å². The summed E-state index contributed by atoms with van der Waals surface area (Å²) < 4.78 is 17.8. The average Bonchev–Trinajstić information content (AvgIpc) is 3.28. The van der Waals surface area contributed by atoms with Gasteiger partial charge in [-0.3, -0.25) is 0 Å². The maximum atomic E-state index is 6.27. The van der Waals surface area contributed by atoms with Gasteiger partial charge in [-0.05, 0) is 70.9 Å². The second-order valence-corrected chi connectivity index (χ2v) is 8.93. The van der Waals surface area contributed by atoms with E-state index in [9.17, 15) is 0 Å². The molecule has 0 saturated heterocycles. The first-order chi connectivity index (χ1) is 16.6. The van der Waals surface area contributed by atoms with E-state index in [0.717, 1.165) is 32.5 Å². The number of methoxy groups -OCH3 is 2. The van der Waals surface area contributed by atoms with Crippen LogP contribution in [0.5, 0.6) is 11.6 Å². The molecule has 0 spiro atoms. The third kappa shape index (κ3) is 4.33. The lowest BCUT2D eigenvalue weighted by Gasteiger charge is -2.35. The van der Waals surface area contributed by atoms with Crippen molar-refractivity contribution >= 4 is 32.7 Å². The molecule has 0 radical (unpaired) electrons. The van der Waals surface area contributed by atoms with Gasteiger partial charge in [0.05, 0.1) is 18.7 Å². The number of ether oxygens (including phenoxy) is 2. The summed E-state index contributed by atoms with van der Waals surface area (Å²) in [4.78, 5) is 12.5. The van der Waals surface area contributed by atoms with Crippen LogP contribution >= 0.6 is 15.9 Å². The maximum Gasteiger partial charge on any atom is 0.228 e. The highest BCUT2D eigenvalue weighted by molar-refractivity contribution is 9.10. The number of benzene rings is 2. The molecule has 1 aliphatic rings. The van der Waals surface area contributed by atoms with Gasteiger partial charge in [0.15, 0.2) is 5.84 Å². The van der Waals surface area contributed by atoms with Gasteiger partial charge in [-0.1, -0.05) is 28.9 Å². The second-order valence-electron chi connectivity index (χ2n) is 8.08. The lowest BCUT2D eigenvalue weighted by Crippen LogP contribution is -2.40. The Labute approximate surface area is 206 Å². The number of oxime groups is 1. The number of furan rings is 1. The first-order valence-corrected chi connectivity index (χ1v) is 11.7. The van der Waals surface area contributed by atoms with Gasteiger partial charge in [-0.25, -0.2) is 4.98 Å². The summed E-state index contributed by atoms with van der Waals surface area (Å²) in [5.41, 5.74) is 3.77. The van der Waals surface area contributed by atoms with Crippen molar-refractivity contribution in [1.29, 1.82) is 0 Å². The van der Waals surface area contributed by atoms with Crippen molar-refractivity contribution in [2.24, 2.45) is 5.16 Å². The molecular weight excluding hydrogens is 498 g/mol. The molecule has 0 aliphatic carbocycles. The third-order valence-electron chi connectivity index (χ3n) is 5.80. The first kappa shape index (κ1) is 22.3. The lowest BCUT2D eigenvalue weighted by atomic mass is 10.1. The van der Waals surface area contributed by atoms with Crippen molar-refractivity contribution in [3.63, 3.8) is 0 Å². The first-order valence-electron chi connectivity index (χ1n) is 10.9. The van der Waals surface area contributed by atoms with Crippen LogP contribution in [0.2, 0.25) is 0 Å². The predicted molar refractivity (Wildman–Crippen MR) is 133 cm³/mol. The minimum Gasteiger partial charge on any atom is -0.497 e. The Hall–Kier alpha value is -3.52. The molecule has 0 saturated carbocycles. The van der Waals surface area contributed by atoms with Gasteiger partial charge in [-0.15, -0.1) is 0 Å². The highest BCUT2D eigenvalue weighted by Gasteiger charge is 2.33. The number of amidine groups is 1. The molecule has 2 aromatic carbocycles. The zero-order valence-corrected chi connectivity index (χ0v) is 20.7. The summed E-state index contributed by atoms with van der Waals surface area (Å²) >= 11 is 3.47. The summed E-state index contributed by atoms with van der Waals surface area (Å²) in [5.74, 6) is 2.70. The zero-order valence-electron chi connectivity index (χ0n) is 19.1. The van der Waals surface area contributed by atoms with E-state index in [1.165, 1.54) is 5.56 Å². The van der Waals surface area contributed by atoms with E-state index in [1.54, 1.807) is 14.2 Å². The quantitative estimate of drug-likeness (QED) is 0.317. The fourth-order valence-corrected chi connectivity index (χ4v) is 4.42. The van der Waals surface area contributed by atoms with Crippen LogP contribution in [0.1, 0.15) is 28.6 Å². The Morgan fingerprint density at radius 2 is 1.85 bits per heavy atom. The van der Waals surface area contributed by atoms with Gasteiger partial charge in [0.1, 0.15) is 35.4 Å². The molecule has 174 valence electrons. The molecule has 0 bridgehead atoms. The molecule has 1 atom stereocenters. The minimum atomic E-state index is -0.196. The molecule has 2 aromatic heterocycles. The number of aryl methyl sites for hydroxylation is 1. The van der Waals surface area contributed by atoms with Crippen LogP contribution in [-0.2, 0) is 11.4 Å². The predicted octanol–water partition coefficient (Wildman–Crippen LogP) is 5.85. The number of aromatic nitrogens is 1. The summed E-state index contributed by atoms with van der Waals surface area (Å²) in [6, 6.07) is 19.8. The van der Waals surface area contributed by atoms with Crippen LogP contribution in [0.15, 0.2) is 74.7 Å². The number of halogens is 1. The highest BCUT2D eigenvalue weighted by atomic mass is 79.9. The molecule has 1 aliphatic heterocycles. The van der Waals surface area contributed by atoms with Crippen molar-refractivity contribution in [3.8, 4) is 11.6 Å². The van der Waals surface area contributed by atoms with Gasteiger partial charge in [0, 0.05) is 11.9 Å². The SMILES string of the molecule is COc1ccc(CN2C(c3ccc(Br)c(OC)n3)=NOCC2c2cc3cc(C)ccc3o2)cc1. The van der Waals surface area contributed by atoms with Crippen LogP contribution in [0.4, 0.5) is 0 Å². The van der Waals surface area contributed by atoms with E-state index in [0.29, 0.717) is 30.6 Å². The lowest BCUT2D eigenvalue weighted by molar-refractivity contribution is 0.0500. The third-order valence-corrected chi connectivity index (χ3v) is 6.40. The summed E-state index contributed by atoms with van der Waals surface area (Å²) in [6.45, 7) is 3.00. The van der Waals surface area contributed by atoms with E-state index >= 15 is 0 Å². The van der Waals surface area contributed by atoms with E-state index in [-0.39, 0.29) is 6.04 Å². The van der Waals surface area contributed by atoms with Crippen molar-refractivity contribution in [1.82, 2.24) is 9.88 Å². The molecular formula is C26H24BrN3O4. The molecule has 5 rings (SSSR count). The number of pyridine rings is 1. The molecule has 4 aromatic rings. The fourth-order valence-electron chi connectivity index (χ4n) is 4.04. The smallest absolute Gasteiger partial charge is 0.228 e. The Bertz CT molecular complexity index is 1350. The summed E-state index contributed by atoms with van der Waals surface area (Å²) in [7, 11) is 3.25. The van der Waals surface area contributed by atoms with Crippen LogP contribution < -0.4 is 9.47 Å². The van der Waals surface area contributed by atoms with Crippen molar-refractivity contribution < 1.29 is 18.7 Å². The van der Waals surface area contributed by atoms with E-state index in [2.05, 4.69) is 50.0 Å². The minimum absolute atomic E-state index is 0.196. The van der Waals surface area contributed by atoms with Crippen molar-refractivity contribution in [3.05, 3.63) is 87.7 Å². The molecule has 0 amide bonds. The Kier molecular flexibility index (Phi) is 6.15. The molecule has 0 N–H and O–H groups in total. The van der Waals surface area contributed by atoms with Gasteiger partial charge < -0.3 is 23.6 Å². The summed E-state index contributed by atoms with van der Waals surface area (Å²) in [5, 5.41) is 5.46. The monoisotopic (exact) mass is 521 g/mol. The van der Waals surface area contributed by atoms with Gasteiger partial charge in [0.25, 0.3) is 0 Å². The molecule has 7 nitrogen and oxygen atoms in total. The molecule has 1 unspecified atom stereocenters. The largest absolute Gasteiger partial charge is 0.497 e. The average molecular weight is 522 g/mol. The van der Waals surface area contributed by atoms with E-state index in [4.69, 9.17) is 18.7 Å². The Morgan fingerprint density at radius 1 is 1.03 bits per heavy atom. The molecule has 0 fully saturated rings. The molecule has 34 heavy (non-hydrogen) atoms. The number of fused-ring (bicyclic) bond motifs is 1. The normalized spacial score (nSPS) is 15.7. The van der Waals surface area contributed by atoms with Crippen LogP contribution in [0.25, 0.3) is 11.0 Å². The Balaban J connectivity index is 1.57. The maximum absolute atomic E-state index is 6.27. The van der Waals surface area contributed by atoms with Crippen LogP contribution in [0.3, 0.4) is 0 Å². The fraction of sp³-hybridized carbons (Fsp3) is 0.231.